The van der Waals surface area contributed by atoms with Crippen LogP contribution in [0.4, 0.5) is 4.79 Å². The molecule has 0 aliphatic carbocycles. The van der Waals surface area contributed by atoms with Crippen molar-refractivity contribution >= 4 is 23.5 Å². The molecular formula is C10H11ClN2O3. The van der Waals surface area contributed by atoms with Gasteiger partial charge in [-0.2, -0.15) is 0 Å². The normalized spacial score (nSPS) is 9.38. The maximum Gasteiger partial charge on any atom is 0.321 e. The zero-order valence-electron chi connectivity index (χ0n) is 8.62. The maximum absolute atomic E-state index is 11.1. The topological polar surface area (TPSA) is 67.4 Å². The number of rotatable bonds is 3. The van der Waals surface area contributed by atoms with Gasteiger partial charge in [-0.05, 0) is 18.2 Å². The first-order valence-electron chi connectivity index (χ1n) is 4.51. The first kappa shape index (κ1) is 12.3. The lowest BCUT2D eigenvalue weighted by atomic mass is 10.3. The molecule has 86 valence electrons. The molecule has 0 saturated heterocycles. The van der Waals surface area contributed by atoms with Crippen LogP contribution in [0.2, 0.25) is 5.02 Å². The molecular weight excluding hydrogens is 232 g/mol. The first-order chi connectivity index (χ1) is 7.61. The van der Waals surface area contributed by atoms with E-state index in [2.05, 4.69) is 10.6 Å². The fraction of sp³-hybridized carbons (Fsp3) is 0.200. The van der Waals surface area contributed by atoms with E-state index in [1.54, 1.807) is 24.3 Å². The van der Waals surface area contributed by atoms with Gasteiger partial charge in [0.05, 0.1) is 0 Å². The smallest absolute Gasteiger partial charge is 0.321 e. The quantitative estimate of drug-likeness (QED) is 0.836. The lowest BCUT2D eigenvalue weighted by molar-refractivity contribution is -0.122. The Hall–Kier alpha value is -1.75. The van der Waals surface area contributed by atoms with Crippen molar-refractivity contribution < 1.29 is 14.3 Å². The zero-order chi connectivity index (χ0) is 12.0. The van der Waals surface area contributed by atoms with Gasteiger partial charge >= 0.3 is 6.03 Å². The van der Waals surface area contributed by atoms with E-state index in [-0.39, 0.29) is 6.61 Å². The minimum absolute atomic E-state index is 0.242. The molecule has 3 amide bonds. The minimum Gasteiger partial charge on any atom is -0.484 e. The van der Waals surface area contributed by atoms with E-state index in [4.69, 9.17) is 16.3 Å². The van der Waals surface area contributed by atoms with Crippen LogP contribution in [0, 0.1) is 0 Å². The number of carbonyl (C=O) groups excluding carboxylic acids is 2. The molecule has 6 heteroatoms. The van der Waals surface area contributed by atoms with Gasteiger partial charge in [0.2, 0.25) is 0 Å². The highest BCUT2D eigenvalue weighted by Gasteiger charge is 2.06. The van der Waals surface area contributed by atoms with E-state index in [9.17, 15) is 9.59 Å². The van der Waals surface area contributed by atoms with Crippen LogP contribution in [-0.4, -0.2) is 25.6 Å². The van der Waals surface area contributed by atoms with Crippen molar-refractivity contribution in [1.82, 2.24) is 10.6 Å². The molecule has 1 aromatic rings. The Kier molecular flexibility index (Phi) is 4.60. The number of benzene rings is 1. The molecule has 0 aromatic heterocycles. The molecule has 0 bridgehead atoms. The minimum atomic E-state index is -0.570. The van der Waals surface area contributed by atoms with Crippen LogP contribution in [0.15, 0.2) is 24.3 Å². The summed E-state index contributed by atoms with van der Waals surface area (Å²) in [6, 6.07) is 6.07. The van der Waals surface area contributed by atoms with E-state index >= 15 is 0 Å². The first-order valence-corrected chi connectivity index (χ1v) is 4.89. The predicted octanol–water partition coefficient (Wildman–Crippen LogP) is 1.17. The summed E-state index contributed by atoms with van der Waals surface area (Å²) in [6.45, 7) is -0.242. The Balaban J connectivity index is 2.40. The Morgan fingerprint density at radius 2 is 2.19 bits per heavy atom. The van der Waals surface area contributed by atoms with Gasteiger partial charge in [0.15, 0.2) is 6.61 Å². The molecule has 0 unspecified atom stereocenters. The highest BCUT2D eigenvalue weighted by Crippen LogP contribution is 2.16. The van der Waals surface area contributed by atoms with Crippen molar-refractivity contribution in [1.29, 1.82) is 0 Å². The average molecular weight is 243 g/mol. The Bertz CT molecular complexity index is 395. The van der Waals surface area contributed by atoms with Gasteiger partial charge < -0.3 is 10.1 Å². The SMILES string of the molecule is CNC(=O)NC(=O)COc1cccc(Cl)c1. The van der Waals surface area contributed by atoms with Gasteiger partial charge in [-0.3, -0.25) is 10.1 Å². The van der Waals surface area contributed by atoms with Crippen LogP contribution in [0.1, 0.15) is 0 Å². The van der Waals surface area contributed by atoms with E-state index in [0.717, 1.165) is 0 Å². The van der Waals surface area contributed by atoms with Crippen LogP contribution in [0.3, 0.4) is 0 Å². The molecule has 0 saturated carbocycles. The number of imide groups is 1. The summed E-state index contributed by atoms with van der Waals surface area (Å²) in [5.41, 5.74) is 0. The summed E-state index contributed by atoms with van der Waals surface area (Å²) in [5, 5.41) is 4.84. The van der Waals surface area contributed by atoms with Gasteiger partial charge in [0.25, 0.3) is 5.91 Å². The summed E-state index contributed by atoms with van der Waals surface area (Å²) in [7, 11) is 1.42. The average Bonchev–Trinajstić information content (AvgIpc) is 2.26. The van der Waals surface area contributed by atoms with Gasteiger partial charge in [-0.15, -0.1) is 0 Å². The highest BCUT2D eigenvalue weighted by atomic mass is 35.5. The molecule has 1 rings (SSSR count). The van der Waals surface area contributed by atoms with E-state index in [1.807, 2.05) is 0 Å². The summed E-state index contributed by atoms with van der Waals surface area (Å²) in [5.74, 6) is -0.0566. The molecule has 1 aromatic carbocycles. The number of hydrogen-bond acceptors (Lipinski definition) is 3. The molecule has 0 fully saturated rings. The fourth-order valence-corrected chi connectivity index (χ4v) is 1.11. The molecule has 0 radical (unpaired) electrons. The largest absolute Gasteiger partial charge is 0.484 e. The Labute approximate surface area is 97.7 Å². The third kappa shape index (κ3) is 4.18. The van der Waals surface area contributed by atoms with Crippen LogP contribution in [-0.2, 0) is 4.79 Å². The zero-order valence-corrected chi connectivity index (χ0v) is 9.38. The van der Waals surface area contributed by atoms with Crippen molar-refractivity contribution in [2.24, 2.45) is 0 Å². The number of amides is 3. The summed E-state index contributed by atoms with van der Waals surface area (Å²) >= 11 is 5.72. The van der Waals surface area contributed by atoms with Crippen molar-refractivity contribution in [3.8, 4) is 5.75 Å². The molecule has 0 spiro atoms. The Morgan fingerprint density at radius 3 is 2.81 bits per heavy atom. The number of carbonyl (C=O) groups is 2. The van der Waals surface area contributed by atoms with Gasteiger partial charge in [0.1, 0.15) is 5.75 Å². The molecule has 16 heavy (non-hydrogen) atoms. The van der Waals surface area contributed by atoms with E-state index in [1.165, 1.54) is 7.05 Å². The summed E-state index contributed by atoms with van der Waals surface area (Å²) in [4.78, 5) is 21.9. The van der Waals surface area contributed by atoms with Gasteiger partial charge in [0, 0.05) is 12.1 Å². The lowest BCUT2D eigenvalue weighted by Crippen LogP contribution is -2.39. The summed E-state index contributed by atoms with van der Waals surface area (Å²) < 4.78 is 5.12. The maximum atomic E-state index is 11.1. The molecule has 0 atom stereocenters. The second-order valence-corrected chi connectivity index (χ2v) is 3.31. The summed E-state index contributed by atoms with van der Waals surface area (Å²) in [6.07, 6.45) is 0. The number of halogens is 1. The molecule has 0 aliphatic rings. The van der Waals surface area contributed by atoms with E-state index in [0.29, 0.717) is 10.8 Å². The molecule has 2 N–H and O–H groups in total. The second-order valence-electron chi connectivity index (χ2n) is 2.87. The number of nitrogens with one attached hydrogen (secondary N) is 2. The molecule has 0 heterocycles. The van der Waals surface area contributed by atoms with Gasteiger partial charge in [-0.25, -0.2) is 4.79 Å². The number of hydrogen-bond donors (Lipinski definition) is 2. The third-order valence-electron chi connectivity index (χ3n) is 1.65. The number of ether oxygens (including phenoxy) is 1. The lowest BCUT2D eigenvalue weighted by Gasteiger charge is -2.06. The Morgan fingerprint density at radius 1 is 1.44 bits per heavy atom. The van der Waals surface area contributed by atoms with Crippen LogP contribution in [0.25, 0.3) is 0 Å². The standard InChI is InChI=1S/C10H11ClN2O3/c1-12-10(15)13-9(14)6-16-8-4-2-3-7(11)5-8/h2-5H,6H2,1H3,(H2,12,13,14,15). The van der Waals surface area contributed by atoms with Crippen LogP contribution in [0.5, 0.6) is 5.75 Å². The van der Waals surface area contributed by atoms with E-state index < -0.39 is 11.9 Å². The van der Waals surface area contributed by atoms with Crippen LogP contribution < -0.4 is 15.4 Å². The predicted molar refractivity (Wildman–Crippen MR) is 59.5 cm³/mol. The van der Waals surface area contributed by atoms with Crippen molar-refractivity contribution in [2.45, 2.75) is 0 Å². The second kappa shape index (κ2) is 5.97. The van der Waals surface area contributed by atoms with Crippen LogP contribution >= 0.6 is 11.6 Å². The monoisotopic (exact) mass is 242 g/mol. The number of urea groups is 1. The van der Waals surface area contributed by atoms with Crippen molar-refractivity contribution in [2.75, 3.05) is 13.7 Å². The molecule has 0 aliphatic heterocycles. The highest BCUT2D eigenvalue weighted by molar-refractivity contribution is 6.30. The van der Waals surface area contributed by atoms with Crippen molar-refractivity contribution in [3.63, 3.8) is 0 Å². The fourth-order valence-electron chi connectivity index (χ4n) is 0.931. The molecule has 5 nitrogen and oxygen atoms in total. The van der Waals surface area contributed by atoms with Crippen molar-refractivity contribution in [3.05, 3.63) is 29.3 Å². The van der Waals surface area contributed by atoms with Gasteiger partial charge in [-0.1, -0.05) is 17.7 Å². The third-order valence-corrected chi connectivity index (χ3v) is 1.88.